The van der Waals surface area contributed by atoms with Crippen LogP contribution in [0.25, 0.3) is 33.5 Å². The quantitative estimate of drug-likeness (QED) is 0.327. The Kier molecular flexibility index (Phi) is 6.45. The van der Waals surface area contributed by atoms with E-state index in [9.17, 15) is 14.0 Å². The molecule has 9 nitrogen and oxygen atoms in total. The van der Waals surface area contributed by atoms with Crippen LogP contribution in [-0.2, 0) is 24.8 Å². The molecule has 2 aromatic carbocycles. The van der Waals surface area contributed by atoms with Crippen LogP contribution in [0.2, 0.25) is 0 Å². The number of carbonyl (C=O) groups is 2. The Hall–Kier alpha value is -3.92. The van der Waals surface area contributed by atoms with E-state index in [1.165, 1.54) is 12.8 Å². The van der Waals surface area contributed by atoms with Crippen LogP contribution in [0.15, 0.2) is 36.4 Å². The van der Waals surface area contributed by atoms with Crippen molar-refractivity contribution in [1.82, 2.24) is 24.3 Å². The van der Waals surface area contributed by atoms with E-state index in [0.717, 1.165) is 57.7 Å². The lowest BCUT2D eigenvalue weighted by Crippen LogP contribution is -2.45. The second-order valence-corrected chi connectivity index (χ2v) is 11.8. The van der Waals surface area contributed by atoms with Gasteiger partial charge in [0.25, 0.3) is 5.91 Å². The average molecular weight is 559 g/mol. The van der Waals surface area contributed by atoms with Crippen molar-refractivity contribution in [2.75, 3.05) is 26.4 Å². The first kappa shape index (κ1) is 26.0. The number of rotatable bonds is 9. The molecule has 1 saturated carbocycles. The maximum atomic E-state index is 13.3. The molecule has 2 fully saturated rings. The Labute approximate surface area is 237 Å². The summed E-state index contributed by atoms with van der Waals surface area (Å²) in [6, 6.07) is 11.6. The van der Waals surface area contributed by atoms with Gasteiger partial charge in [-0.3, -0.25) is 9.59 Å². The Morgan fingerprint density at radius 2 is 2.02 bits per heavy atom. The summed E-state index contributed by atoms with van der Waals surface area (Å²) in [4.78, 5) is 31.6. The average Bonchev–Trinajstić information content (AvgIpc) is 3.45. The highest BCUT2D eigenvalue weighted by Gasteiger charge is 2.30. The third-order valence-electron chi connectivity index (χ3n) is 8.70. The number of amides is 2. The van der Waals surface area contributed by atoms with Gasteiger partial charge in [-0.25, -0.2) is 9.37 Å². The number of aryl methyl sites for hydroxylation is 1. The van der Waals surface area contributed by atoms with Gasteiger partial charge in [0.2, 0.25) is 5.91 Å². The van der Waals surface area contributed by atoms with Crippen LogP contribution in [0.4, 0.5) is 4.39 Å². The minimum Gasteiger partial charge on any atom is -0.489 e. The number of halogens is 1. The molecule has 3 aliphatic rings. The zero-order chi connectivity index (χ0) is 28.2. The number of nitrogens with one attached hydrogen (secondary N) is 1. The molecule has 1 saturated heterocycles. The van der Waals surface area contributed by atoms with E-state index in [1.54, 1.807) is 4.90 Å². The topological polar surface area (TPSA) is 107 Å². The van der Waals surface area contributed by atoms with Crippen LogP contribution < -0.4 is 15.8 Å². The van der Waals surface area contributed by atoms with Crippen molar-refractivity contribution in [3.63, 3.8) is 0 Å². The molecule has 3 N–H and O–H groups in total. The SMILES string of the molecule is Cn1c(-c2cc3cccc(OCC4CCC(=O)N4)c3n2CC2CC2)nc2cc3c(cc21)CCN(CC(N)CF)C3=O. The summed E-state index contributed by atoms with van der Waals surface area (Å²) < 4.78 is 23.8. The highest BCUT2D eigenvalue weighted by molar-refractivity contribution is 6.01. The number of para-hydroxylation sites is 1. The number of hydrogen-bond donors (Lipinski definition) is 2. The highest BCUT2D eigenvalue weighted by Crippen LogP contribution is 2.39. The summed E-state index contributed by atoms with van der Waals surface area (Å²) in [7, 11) is 2.02. The van der Waals surface area contributed by atoms with Crippen molar-refractivity contribution in [3.8, 4) is 17.3 Å². The molecule has 214 valence electrons. The number of fused-ring (bicyclic) bond motifs is 3. The van der Waals surface area contributed by atoms with E-state index in [2.05, 4.69) is 32.7 Å². The number of benzene rings is 2. The molecule has 2 aliphatic heterocycles. The van der Waals surface area contributed by atoms with Crippen molar-refractivity contribution in [2.24, 2.45) is 18.7 Å². The molecule has 2 unspecified atom stereocenters. The van der Waals surface area contributed by atoms with Crippen LogP contribution in [-0.4, -0.2) is 69.3 Å². The molecule has 0 spiro atoms. The van der Waals surface area contributed by atoms with Crippen molar-refractivity contribution >= 4 is 33.8 Å². The van der Waals surface area contributed by atoms with Crippen LogP contribution in [0.3, 0.4) is 0 Å². The van der Waals surface area contributed by atoms with Gasteiger partial charge in [0, 0.05) is 44.1 Å². The van der Waals surface area contributed by atoms with Gasteiger partial charge < -0.3 is 29.8 Å². The zero-order valence-electron chi connectivity index (χ0n) is 23.2. The standard InChI is InChI=1S/C31H35FN6O3/c1-36-25-11-19-9-10-37(16-21(33)14-32)31(40)23(19)13-24(25)35-30(36)26-12-20-3-2-4-27(29(20)38(26)15-18-5-6-18)41-17-22-7-8-28(39)34-22/h2-4,11-13,18,21-22H,5-10,14-17,33H2,1H3,(H,34,39). The van der Waals surface area contributed by atoms with Crippen molar-refractivity contribution in [3.05, 3.63) is 47.5 Å². The van der Waals surface area contributed by atoms with Crippen LogP contribution >= 0.6 is 0 Å². The van der Waals surface area contributed by atoms with Crippen molar-refractivity contribution in [1.29, 1.82) is 0 Å². The first-order valence-electron chi connectivity index (χ1n) is 14.5. The molecule has 2 amide bonds. The Balaban J connectivity index is 1.28. The van der Waals surface area contributed by atoms with E-state index in [0.29, 0.717) is 37.5 Å². The number of imidazole rings is 1. The van der Waals surface area contributed by atoms with E-state index >= 15 is 0 Å². The molecule has 2 atom stereocenters. The third-order valence-corrected chi connectivity index (χ3v) is 8.70. The summed E-state index contributed by atoms with van der Waals surface area (Å²) in [6.45, 7) is 1.39. The van der Waals surface area contributed by atoms with E-state index in [-0.39, 0.29) is 24.4 Å². The Morgan fingerprint density at radius 3 is 2.78 bits per heavy atom. The third kappa shape index (κ3) is 4.73. The number of hydrogen-bond acceptors (Lipinski definition) is 5. The lowest BCUT2D eigenvalue weighted by Gasteiger charge is -2.30. The molecule has 7 rings (SSSR count). The lowest BCUT2D eigenvalue weighted by atomic mass is 9.97. The number of nitrogens with two attached hydrogens (primary N) is 1. The molecule has 1 aliphatic carbocycles. The first-order chi connectivity index (χ1) is 19.9. The zero-order valence-corrected chi connectivity index (χ0v) is 23.2. The predicted molar refractivity (Wildman–Crippen MR) is 155 cm³/mol. The first-order valence-corrected chi connectivity index (χ1v) is 14.5. The van der Waals surface area contributed by atoms with Crippen molar-refractivity contribution < 1.29 is 18.7 Å². The summed E-state index contributed by atoms with van der Waals surface area (Å²) >= 11 is 0. The maximum Gasteiger partial charge on any atom is 0.254 e. The molecule has 10 heteroatoms. The maximum absolute atomic E-state index is 13.3. The molecular weight excluding hydrogens is 523 g/mol. The molecule has 4 heterocycles. The lowest BCUT2D eigenvalue weighted by molar-refractivity contribution is -0.119. The van der Waals surface area contributed by atoms with Gasteiger partial charge in [0.15, 0.2) is 5.82 Å². The smallest absolute Gasteiger partial charge is 0.254 e. The summed E-state index contributed by atoms with van der Waals surface area (Å²) in [5.41, 5.74) is 11.2. The van der Waals surface area contributed by atoms with Gasteiger partial charge in [0.05, 0.1) is 34.3 Å². The number of alkyl halides is 1. The molecule has 0 radical (unpaired) electrons. The minimum atomic E-state index is -0.676. The van der Waals surface area contributed by atoms with Crippen LogP contribution in [0.5, 0.6) is 5.75 Å². The van der Waals surface area contributed by atoms with E-state index in [1.807, 2.05) is 25.2 Å². The van der Waals surface area contributed by atoms with E-state index in [4.69, 9.17) is 15.5 Å². The molecule has 41 heavy (non-hydrogen) atoms. The normalized spacial score (nSPS) is 19.7. The summed E-state index contributed by atoms with van der Waals surface area (Å²) in [5.74, 6) is 2.22. The number of carbonyl (C=O) groups excluding carboxylic acids is 2. The summed E-state index contributed by atoms with van der Waals surface area (Å²) in [6.07, 6.45) is 4.44. The largest absolute Gasteiger partial charge is 0.489 e. The molecule has 0 bridgehead atoms. The monoisotopic (exact) mass is 558 g/mol. The van der Waals surface area contributed by atoms with Crippen molar-refractivity contribution in [2.45, 2.75) is 50.7 Å². The molecule has 2 aromatic heterocycles. The number of aromatic nitrogens is 3. The second kappa shape index (κ2) is 10.2. The highest BCUT2D eigenvalue weighted by atomic mass is 19.1. The van der Waals surface area contributed by atoms with Crippen LogP contribution in [0, 0.1) is 5.92 Å². The fourth-order valence-electron chi connectivity index (χ4n) is 6.28. The fraction of sp³-hybridized carbons (Fsp3) is 0.452. The van der Waals surface area contributed by atoms with Gasteiger partial charge in [-0.05, 0) is 61.4 Å². The molecular formula is C31H35FN6O3. The van der Waals surface area contributed by atoms with Gasteiger partial charge in [-0.2, -0.15) is 0 Å². The van der Waals surface area contributed by atoms with Gasteiger partial charge in [-0.1, -0.05) is 12.1 Å². The number of nitrogens with zero attached hydrogens (tertiary/aromatic N) is 4. The molecule has 4 aromatic rings. The van der Waals surface area contributed by atoms with Crippen LogP contribution in [0.1, 0.15) is 41.6 Å². The fourth-order valence-corrected chi connectivity index (χ4v) is 6.28. The minimum absolute atomic E-state index is 0.0290. The van der Waals surface area contributed by atoms with Gasteiger partial charge in [0.1, 0.15) is 19.0 Å². The van der Waals surface area contributed by atoms with E-state index < -0.39 is 12.7 Å². The Morgan fingerprint density at radius 1 is 1.17 bits per heavy atom. The van der Waals surface area contributed by atoms with Gasteiger partial charge >= 0.3 is 0 Å². The van der Waals surface area contributed by atoms with Gasteiger partial charge in [-0.15, -0.1) is 0 Å². The predicted octanol–water partition coefficient (Wildman–Crippen LogP) is 3.56. The number of ether oxygens (including phenoxy) is 1. The Bertz CT molecular complexity index is 1670. The second-order valence-electron chi connectivity index (χ2n) is 11.8. The summed E-state index contributed by atoms with van der Waals surface area (Å²) in [5, 5.41) is 4.07.